The Morgan fingerprint density at radius 3 is 2.89 bits per heavy atom. The van der Waals surface area contributed by atoms with E-state index >= 15 is 0 Å². The Balaban J connectivity index is 2.12. The summed E-state index contributed by atoms with van der Waals surface area (Å²) in [5, 5.41) is 16.0. The van der Waals surface area contributed by atoms with E-state index in [2.05, 4.69) is 25.0 Å². The van der Waals surface area contributed by atoms with Gasteiger partial charge in [0.05, 0.1) is 11.4 Å². The van der Waals surface area contributed by atoms with Crippen molar-refractivity contribution in [3.05, 3.63) is 35.2 Å². The lowest BCUT2D eigenvalue weighted by atomic mass is 10.1. The van der Waals surface area contributed by atoms with Crippen molar-refractivity contribution in [2.24, 2.45) is 0 Å². The summed E-state index contributed by atoms with van der Waals surface area (Å²) in [5.74, 6) is -0.418. The van der Waals surface area contributed by atoms with Crippen LogP contribution in [0.2, 0.25) is 0 Å². The van der Waals surface area contributed by atoms with Crippen LogP contribution in [-0.2, 0) is 6.42 Å². The van der Waals surface area contributed by atoms with Crippen molar-refractivity contribution >= 4 is 11.7 Å². The number of anilines is 1. The molecule has 0 aromatic carbocycles. The van der Waals surface area contributed by atoms with E-state index in [0.717, 1.165) is 5.69 Å². The minimum absolute atomic E-state index is 0.193. The maximum atomic E-state index is 11.2. The zero-order chi connectivity index (χ0) is 13.8. The molecule has 2 aromatic rings. The van der Waals surface area contributed by atoms with Gasteiger partial charge in [-0.3, -0.25) is 4.98 Å². The van der Waals surface area contributed by atoms with Gasteiger partial charge in [0.1, 0.15) is 5.56 Å². The van der Waals surface area contributed by atoms with Gasteiger partial charge in [0.15, 0.2) is 5.82 Å². The molecule has 2 aromatic heterocycles. The van der Waals surface area contributed by atoms with Crippen molar-refractivity contribution in [1.29, 1.82) is 0 Å². The van der Waals surface area contributed by atoms with Gasteiger partial charge in [-0.05, 0) is 19.9 Å². The average Bonchev–Trinajstić information content (AvgIpc) is 2.80. The quantitative estimate of drug-likeness (QED) is 0.840. The van der Waals surface area contributed by atoms with Crippen molar-refractivity contribution in [1.82, 2.24) is 15.1 Å². The SMILES string of the molecule is Cc1cc(NCCc2ncon2)c(C(=O)O)c(C)n1. The molecule has 19 heavy (non-hydrogen) atoms. The standard InChI is InChI=1S/C12H14N4O3/c1-7-5-9(11(12(17)18)8(2)15-7)13-4-3-10-14-6-19-16-10/h5-6H,3-4H2,1-2H3,(H,13,15)(H,17,18). The number of nitrogens with zero attached hydrogens (tertiary/aromatic N) is 3. The van der Waals surface area contributed by atoms with E-state index in [-0.39, 0.29) is 5.56 Å². The number of pyridine rings is 1. The molecule has 0 saturated heterocycles. The van der Waals surface area contributed by atoms with Gasteiger partial charge in [-0.15, -0.1) is 0 Å². The summed E-state index contributed by atoms with van der Waals surface area (Å²) in [4.78, 5) is 19.3. The van der Waals surface area contributed by atoms with Crippen LogP contribution in [0.15, 0.2) is 17.0 Å². The van der Waals surface area contributed by atoms with E-state index in [1.54, 1.807) is 13.0 Å². The number of carbonyl (C=O) groups is 1. The molecule has 0 aliphatic carbocycles. The fourth-order valence-electron chi connectivity index (χ4n) is 1.85. The summed E-state index contributed by atoms with van der Waals surface area (Å²) >= 11 is 0. The second-order valence-corrected chi connectivity index (χ2v) is 4.10. The molecule has 0 radical (unpaired) electrons. The largest absolute Gasteiger partial charge is 0.478 e. The van der Waals surface area contributed by atoms with Gasteiger partial charge in [0.25, 0.3) is 0 Å². The zero-order valence-electron chi connectivity index (χ0n) is 10.7. The van der Waals surface area contributed by atoms with Crippen molar-refractivity contribution < 1.29 is 14.4 Å². The first-order valence-electron chi connectivity index (χ1n) is 5.78. The van der Waals surface area contributed by atoms with E-state index < -0.39 is 5.97 Å². The lowest BCUT2D eigenvalue weighted by molar-refractivity contribution is 0.0696. The molecule has 0 spiro atoms. The van der Waals surface area contributed by atoms with Crippen LogP contribution in [0.1, 0.15) is 27.6 Å². The summed E-state index contributed by atoms with van der Waals surface area (Å²) in [7, 11) is 0. The second-order valence-electron chi connectivity index (χ2n) is 4.10. The number of carboxylic acids is 1. The lowest BCUT2D eigenvalue weighted by Crippen LogP contribution is -2.13. The summed E-state index contributed by atoms with van der Waals surface area (Å²) in [6.45, 7) is 4.02. The third-order valence-electron chi connectivity index (χ3n) is 2.61. The summed E-state index contributed by atoms with van der Waals surface area (Å²) in [5.41, 5.74) is 2.01. The van der Waals surface area contributed by atoms with Crippen LogP contribution >= 0.6 is 0 Å². The molecule has 0 unspecified atom stereocenters. The highest BCUT2D eigenvalue weighted by molar-refractivity contribution is 5.95. The number of nitrogens with one attached hydrogen (secondary N) is 1. The van der Waals surface area contributed by atoms with Crippen molar-refractivity contribution in [3.63, 3.8) is 0 Å². The molecular formula is C12H14N4O3. The smallest absolute Gasteiger partial charge is 0.339 e. The molecule has 100 valence electrons. The third-order valence-corrected chi connectivity index (χ3v) is 2.61. The summed E-state index contributed by atoms with van der Waals surface area (Å²) in [6, 6.07) is 1.71. The summed E-state index contributed by atoms with van der Waals surface area (Å²) < 4.78 is 4.62. The third kappa shape index (κ3) is 3.06. The van der Waals surface area contributed by atoms with Gasteiger partial charge in [0.2, 0.25) is 6.39 Å². The van der Waals surface area contributed by atoms with E-state index in [4.69, 9.17) is 0 Å². The maximum Gasteiger partial charge on any atom is 0.339 e. The molecule has 0 aliphatic heterocycles. The normalized spacial score (nSPS) is 10.4. The minimum atomic E-state index is -0.993. The molecule has 2 N–H and O–H groups in total. The fourth-order valence-corrected chi connectivity index (χ4v) is 1.85. The van der Waals surface area contributed by atoms with Crippen LogP contribution in [0.5, 0.6) is 0 Å². The number of aromatic carboxylic acids is 1. The highest BCUT2D eigenvalue weighted by atomic mass is 16.5. The predicted molar refractivity (Wildman–Crippen MR) is 67.2 cm³/mol. The Hall–Kier alpha value is -2.44. The first kappa shape index (κ1) is 13.0. The molecule has 0 bridgehead atoms. The van der Waals surface area contributed by atoms with E-state index in [1.807, 2.05) is 6.92 Å². The van der Waals surface area contributed by atoms with Gasteiger partial charge in [0, 0.05) is 18.7 Å². The first-order valence-corrected chi connectivity index (χ1v) is 5.78. The van der Waals surface area contributed by atoms with Crippen LogP contribution < -0.4 is 5.32 Å². The number of aromatic nitrogens is 3. The van der Waals surface area contributed by atoms with Gasteiger partial charge < -0.3 is 14.9 Å². The highest BCUT2D eigenvalue weighted by Gasteiger charge is 2.15. The number of carboxylic acid groups (broad SMARTS) is 1. The Kier molecular flexibility index (Phi) is 3.74. The van der Waals surface area contributed by atoms with Gasteiger partial charge >= 0.3 is 5.97 Å². The van der Waals surface area contributed by atoms with E-state index in [9.17, 15) is 9.90 Å². The van der Waals surface area contributed by atoms with Gasteiger partial charge in [-0.2, -0.15) is 4.98 Å². The molecular weight excluding hydrogens is 248 g/mol. The molecule has 0 amide bonds. The molecule has 0 saturated carbocycles. The Labute approximate surface area is 109 Å². The Bertz CT molecular complexity index is 581. The maximum absolute atomic E-state index is 11.2. The molecule has 2 heterocycles. The molecule has 0 fully saturated rings. The number of hydrogen-bond donors (Lipinski definition) is 2. The van der Waals surface area contributed by atoms with E-state index in [0.29, 0.717) is 30.2 Å². The summed E-state index contributed by atoms with van der Waals surface area (Å²) in [6.07, 6.45) is 1.81. The zero-order valence-corrected chi connectivity index (χ0v) is 10.7. The molecule has 2 rings (SSSR count). The highest BCUT2D eigenvalue weighted by Crippen LogP contribution is 2.19. The number of rotatable bonds is 5. The van der Waals surface area contributed by atoms with Crippen LogP contribution in [0, 0.1) is 13.8 Å². The first-order chi connectivity index (χ1) is 9.08. The van der Waals surface area contributed by atoms with Crippen molar-refractivity contribution in [3.8, 4) is 0 Å². The minimum Gasteiger partial charge on any atom is -0.478 e. The lowest BCUT2D eigenvalue weighted by Gasteiger charge is -2.11. The Morgan fingerprint density at radius 1 is 1.47 bits per heavy atom. The van der Waals surface area contributed by atoms with Gasteiger partial charge in [-0.25, -0.2) is 4.79 Å². The van der Waals surface area contributed by atoms with Crippen LogP contribution in [-0.4, -0.2) is 32.7 Å². The predicted octanol–water partition coefficient (Wildman–Crippen LogP) is 1.43. The monoisotopic (exact) mass is 262 g/mol. The van der Waals surface area contributed by atoms with E-state index in [1.165, 1.54) is 6.39 Å². The van der Waals surface area contributed by atoms with Crippen molar-refractivity contribution in [2.75, 3.05) is 11.9 Å². The number of hydrogen-bond acceptors (Lipinski definition) is 6. The van der Waals surface area contributed by atoms with Crippen LogP contribution in [0.4, 0.5) is 5.69 Å². The van der Waals surface area contributed by atoms with Crippen LogP contribution in [0.25, 0.3) is 0 Å². The van der Waals surface area contributed by atoms with Crippen molar-refractivity contribution in [2.45, 2.75) is 20.3 Å². The average molecular weight is 262 g/mol. The van der Waals surface area contributed by atoms with Gasteiger partial charge in [-0.1, -0.05) is 5.16 Å². The topological polar surface area (TPSA) is 101 Å². The fraction of sp³-hybridized carbons (Fsp3) is 0.333. The molecule has 7 heteroatoms. The molecule has 7 nitrogen and oxygen atoms in total. The molecule has 0 aliphatic rings. The number of aryl methyl sites for hydroxylation is 2. The Morgan fingerprint density at radius 2 is 2.26 bits per heavy atom. The molecule has 0 atom stereocenters. The second kappa shape index (κ2) is 5.47. The van der Waals surface area contributed by atoms with Crippen LogP contribution in [0.3, 0.4) is 0 Å².